The quantitative estimate of drug-likeness (QED) is 0.671. The van der Waals surface area contributed by atoms with Gasteiger partial charge in [0.2, 0.25) is 0 Å². The second kappa shape index (κ2) is 4.72. The highest BCUT2D eigenvalue weighted by Gasteiger charge is 2.33. The Morgan fingerprint density at radius 1 is 1.45 bits per heavy atom. The van der Waals surface area contributed by atoms with Crippen LogP contribution in [0, 0.1) is 10.1 Å². The molecule has 1 aromatic heterocycles. The van der Waals surface area contributed by atoms with E-state index in [0.29, 0.717) is 11.3 Å². The number of aliphatic carboxylic acids is 1. The van der Waals surface area contributed by atoms with E-state index < -0.39 is 16.4 Å². The molecule has 8 heteroatoms. The van der Waals surface area contributed by atoms with Gasteiger partial charge in [0.05, 0.1) is 16.8 Å². The number of carboxylic acids is 1. The first kappa shape index (κ1) is 13.7. The summed E-state index contributed by atoms with van der Waals surface area (Å²) in [4.78, 5) is 21.6. The van der Waals surface area contributed by atoms with E-state index in [4.69, 9.17) is 0 Å². The fourth-order valence-electron chi connectivity index (χ4n) is 1.71. The lowest BCUT2D eigenvalue weighted by molar-refractivity contribution is -0.384. The molecule has 8 nitrogen and oxygen atoms in total. The van der Waals surface area contributed by atoms with Crippen LogP contribution in [0.5, 0.6) is 0 Å². The van der Waals surface area contributed by atoms with Gasteiger partial charge in [-0.2, -0.15) is 0 Å². The van der Waals surface area contributed by atoms with Crippen LogP contribution in [0.4, 0.5) is 5.69 Å². The third-order valence-corrected chi connectivity index (χ3v) is 2.95. The van der Waals surface area contributed by atoms with Crippen LogP contribution in [0.25, 0.3) is 11.3 Å². The molecule has 2 rings (SSSR count). The number of non-ortho nitro benzene ring substituents is 1. The Bertz CT molecular complexity index is 678. The van der Waals surface area contributed by atoms with Gasteiger partial charge in [0.25, 0.3) is 5.69 Å². The molecule has 1 heterocycles. The number of nitrogens with zero attached hydrogens (tertiary/aromatic N) is 4. The highest BCUT2D eigenvalue weighted by atomic mass is 16.6. The molecule has 0 amide bonds. The molecule has 0 fully saturated rings. The summed E-state index contributed by atoms with van der Waals surface area (Å²) in [6.07, 6.45) is 1.38. The van der Waals surface area contributed by atoms with E-state index >= 15 is 0 Å². The van der Waals surface area contributed by atoms with E-state index in [1.807, 2.05) is 0 Å². The normalized spacial score (nSPS) is 11.3. The molecule has 104 valence electrons. The zero-order valence-corrected chi connectivity index (χ0v) is 10.8. The largest absolute Gasteiger partial charge is 0.479 e. The number of hydrogen-bond acceptors (Lipinski definition) is 5. The Morgan fingerprint density at radius 3 is 2.75 bits per heavy atom. The van der Waals surface area contributed by atoms with Crippen molar-refractivity contribution in [2.75, 3.05) is 0 Å². The van der Waals surface area contributed by atoms with Crippen LogP contribution in [0.2, 0.25) is 0 Å². The van der Waals surface area contributed by atoms with Crippen LogP contribution < -0.4 is 0 Å². The molecular formula is C12H12N4O4. The molecular weight excluding hydrogens is 264 g/mol. The van der Waals surface area contributed by atoms with E-state index in [9.17, 15) is 20.0 Å². The summed E-state index contributed by atoms with van der Waals surface area (Å²) in [6, 6.07) is 5.88. The lowest BCUT2D eigenvalue weighted by Crippen LogP contribution is -2.37. The molecule has 0 aliphatic carbocycles. The van der Waals surface area contributed by atoms with Crippen LogP contribution in [0.3, 0.4) is 0 Å². The minimum atomic E-state index is -1.31. The van der Waals surface area contributed by atoms with Gasteiger partial charge in [0, 0.05) is 17.7 Å². The average Bonchev–Trinajstić information content (AvgIpc) is 2.88. The van der Waals surface area contributed by atoms with Crippen LogP contribution in [0.1, 0.15) is 13.8 Å². The highest BCUT2D eigenvalue weighted by molar-refractivity contribution is 5.77. The van der Waals surface area contributed by atoms with Crippen molar-refractivity contribution in [2.24, 2.45) is 0 Å². The van der Waals surface area contributed by atoms with Crippen LogP contribution in [-0.4, -0.2) is 31.0 Å². The van der Waals surface area contributed by atoms with Gasteiger partial charge in [-0.3, -0.25) is 10.1 Å². The van der Waals surface area contributed by atoms with Crippen molar-refractivity contribution < 1.29 is 14.8 Å². The molecule has 0 aliphatic rings. The maximum Gasteiger partial charge on any atom is 0.331 e. The highest BCUT2D eigenvalue weighted by Crippen LogP contribution is 2.27. The minimum absolute atomic E-state index is 0.0802. The first-order valence-corrected chi connectivity index (χ1v) is 5.73. The summed E-state index contributed by atoms with van der Waals surface area (Å²) in [5.74, 6) is -1.07. The fraction of sp³-hybridized carbons (Fsp3) is 0.250. The Hall–Kier alpha value is -2.77. The number of nitro groups is 1. The summed E-state index contributed by atoms with van der Waals surface area (Å²) in [6.45, 7) is 2.95. The lowest BCUT2D eigenvalue weighted by atomic mass is 10.0. The molecule has 1 aromatic carbocycles. The van der Waals surface area contributed by atoms with Gasteiger partial charge >= 0.3 is 5.97 Å². The Morgan fingerprint density at radius 2 is 2.15 bits per heavy atom. The average molecular weight is 276 g/mol. The molecule has 1 N–H and O–H groups in total. The predicted octanol–water partition coefficient (Wildman–Crippen LogP) is 1.67. The number of carboxylic acid groups (broad SMARTS) is 1. The summed E-state index contributed by atoms with van der Waals surface area (Å²) in [7, 11) is 0. The third-order valence-electron chi connectivity index (χ3n) is 2.95. The van der Waals surface area contributed by atoms with E-state index in [1.165, 1.54) is 42.9 Å². The maximum atomic E-state index is 11.3. The molecule has 0 saturated carbocycles. The zero-order chi connectivity index (χ0) is 14.9. The lowest BCUT2D eigenvalue weighted by Gasteiger charge is -2.21. The molecule has 0 aliphatic heterocycles. The molecule has 0 atom stereocenters. The van der Waals surface area contributed by atoms with Crippen molar-refractivity contribution in [1.82, 2.24) is 15.0 Å². The number of rotatable bonds is 4. The van der Waals surface area contributed by atoms with Gasteiger partial charge in [-0.15, -0.1) is 5.10 Å². The van der Waals surface area contributed by atoms with Crippen molar-refractivity contribution in [2.45, 2.75) is 19.4 Å². The van der Waals surface area contributed by atoms with Gasteiger partial charge in [0.15, 0.2) is 5.54 Å². The summed E-state index contributed by atoms with van der Waals surface area (Å²) in [5, 5.41) is 27.5. The number of benzene rings is 1. The SMILES string of the molecule is CC(C)(C(=O)O)n1nncc1-c1cccc([N+](=O)[O-])c1. The second-order valence-electron chi connectivity index (χ2n) is 4.70. The van der Waals surface area contributed by atoms with Gasteiger partial charge < -0.3 is 5.11 Å². The van der Waals surface area contributed by atoms with Crippen LogP contribution in [0.15, 0.2) is 30.5 Å². The summed E-state index contributed by atoms with van der Waals surface area (Å²) >= 11 is 0. The predicted molar refractivity (Wildman–Crippen MR) is 69.1 cm³/mol. The number of nitro benzene ring substituents is 1. The van der Waals surface area contributed by atoms with Crippen LogP contribution >= 0.6 is 0 Å². The molecule has 0 spiro atoms. The van der Waals surface area contributed by atoms with E-state index in [0.717, 1.165) is 0 Å². The summed E-state index contributed by atoms with van der Waals surface area (Å²) in [5.41, 5.74) is -0.501. The molecule has 2 aromatic rings. The first-order valence-electron chi connectivity index (χ1n) is 5.73. The smallest absolute Gasteiger partial charge is 0.331 e. The van der Waals surface area contributed by atoms with Crippen molar-refractivity contribution in [3.8, 4) is 11.3 Å². The Labute approximate surface area is 113 Å². The van der Waals surface area contributed by atoms with Gasteiger partial charge in [-0.25, -0.2) is 9.48 Å². The van der Waals surface area contributed by atoms with Crippen LogP contribution in [-0.2, 0) is 10.3 Å². The monoisotopic (exact) mass is 276 g/mol. The van der Waals surface area contributed by atoms with E-state index in [2.05, 4.69) is 10.3 Å². The van der Waals surface area contributed by atoms with E-state index in [1.54, 1.807) is 6.07 Å². The zero-order valence-electron chi connectivity index (χ0n) is 10.8. The molecule has 0 bridgehead atoms. The maximum absolute atomic E-state index is 11.3. The fourth-order valence-corrected chi connectivity index (χ4v) is 1.71. The van der Waals surface area contributed by atoms with Gasteiger partial charge in [-0.05, 0) is 13.8 Å². The number of hydrogen-bond donors (Lipinski definition) is 1. The van der Waals surface area contributed by atoms with Crippen molar-refractivity contribution in [1.29, 1.82) is 0 Å². The topological polar surface area (TPSA) is 111 Å². The molecule has 0 radical (unpaired) electrons. The molecule has 20 heavy (non-hydrogen) atoms. The van der Waals surface area contributed by atoms with E-state index in [-0.39, 0.29) is 5.69 Å². The Balaban J connectivity index is 2.56. The standard InChI is InChI=1S/C12H12N4O4/c1-12(2,11(17)18)15-10(7-13-14-15)8-4-3-5-9(6-8)16(19)20/h3-7H,1-2H3,(H,17,18). The van der Waals surface area contributed by atoms with Gasteiger partial charge in [0.1, 0.15) is 0 Å². The van der Waals surface area contributed by atoms with Crippen molar-refractivity contribution in [3.63, 3.8) is 0 Å². The van der Waals surface area contributed by atoms with Crippen molar-refractivity contribution in [3.05, 3.63) is 40.6 Å². The molecule has 0 saturated heterocycles. The number of carbonyl (C=O) groups is 1. The Kier molecular flexibility index (Phi) is 3.23. The third kappa shape index (κ3) is 2.22. The van der Waals surface area contributed by atoms with Crippen molar-refractivity contribution >= 4 is 11.7 Å². The molecule has 0 unspecified atom stereocenters. The first-order chi connectivity index (χ1) is 9.34. The van der Waals surface area contributed by atoms with Gasteiger partial charge in [-0.1, -0.05) is 17.3 Å². The summed E-state index contributed by atoms with van der Waals surface area (Å²) < 4.78 is 1.23. The number of aromatic nitrogens is 3. The minimum Gasteiger partial charge on any atom is -0.479 e. The second-order valence-corrected chi connectivity index (χ2v) is 4.70.